The maximum atomic E-state index is 9.53. The molecule has 2 N–H and O–H groups in total. The topological polar surface area (TPSA) is 39.3 Å². The zero-order chi connectivity index (χ0) is 12.5. The summed E-state index contributed by atoms with van der Waals surface area (Å²) in [5, 5.41) is 10.9. The van der Waals surface area contributed by atoms with Crippen molar-refractivity contribution in [2.45, 2.75) is 32.4 Å². The average molecular weight is 244 g/mol. The van der Waals surface area contributed by atoms with Crippen LogP contribution in [0.4, 0.5) is 0 Å². The largest absolute Gasteiger partial charge is 0.393 e. The zero-order valence-corrected chi connectivity index (χ0v) is 10.8. The molecule has 0 atom stereocenters. The van der Waals surface area contributed by atoms with E-state index >= 15 is 0 Å². The third kappa shape index (κ3) is 2.16. The second-order valence-electron chi connectivity index (χ2n) is 5.28. The lowest BCUT2D eigenvalue weighted by Gasteiger charge is -2.29. The highest BCUT2D eigenvalue weighted by atomic mass is 16.3. The minimum absolute atomic E-state index is 0.0925. The number of aliphatic hydroxyl groups is 1. The molecule has 0 radical (unpaired) electrons. The van der Waals surface area contributed by atoms with Gasteiger partial charge in [-0.3, -0.25) is 4.90 Å². The van der Waals surface area contributed by atoms with Gasteiger partial charge in [0, 0.05) is 36.2 Å². The number of likely N-dealkylation sites (tertiary alicyclic amines) is 1. The van der Waals surface area contributed by atoms with E-state index in [0.29, 0.717) is 0 Å². The quantitative estimate of drug-likeness (QED) is 0.851. The molecule has 0 amide bonds. The van der Waals surface area contributed by atoms with Gasteiger partial charge >= 0.3 is 0 Å². The van der Waals surface area contributed by atoms with Crippen molar-refractivity contribution in [3.63, 3.8) is 0 Å². The molecule has 1 aromatic carbocycles. The highest BCUT2D eigenvalue weighted by Gasteiger charge is 2.18. The molecule has 0 spiro atoms. The van der Waals surface area contributed by atoms with Gasteiger partial charge in [-0.15, -0.1) is 0 Å². The molecule has 0 saturated carbocycles. The summed E-state index contributed by atoms with van der Waals surface area (Å²) in [6, 6.07) is 8.46. The van der Waals surface area contributed by atoms with Crippen molar-refractivity contribution in [1.29, 1.82) is 0 Å². The summed E-state index contributed by atoms with van der Waals surface area (Å²) in [7, 11) is 0. The van der Waals surface area contributed by atoms with E-state index < -0.39 is 0 Å². The third-order valence-electron chi connectivity index (χ3n) is 4.01. The van der Waals surface area contributed by atoms with E-state index in [1.165, 1.54) is 22.2 Å². The summed E-state index contributed by atoms with van der Waals surface area (Å²) < 4.78 is 0. The van der Waals surface area contributed by atoms with Crippen LogP contribution < -0.4 is 0 Å². The standard InChI is InChI=1S/C15H20N2O/c1-11-13-4-2-3-5-14(13)16-15(11)10-17-8-6-12(18)7-9-17/h2-5,12,16,18H,6-10H2,1H3. The van der Waals surface area contributed by atoms with Crippen molar-refractivity contribution in [3.05, 3.63) is 35.5 Å². The molecule has 0 aliphatic carbocycles. The SMILES string of the molecule is Cc1c(CN2CCC(O)CC2)[nH]c2ccccc12. The maximum absolute atomic E-state index is 9.53. The number of nitrogens with one attached hydrogen (secondary N) is 1. The van der Waals surface area contributed by atoms with Gasteiger partial charge in [-0.25, -0.2) is 0 Å². The number of hydrogen-bond donors (Lipinski definition) is 2. The second-order valence-corrected chi connectivity index (χ2v) is 5.28. The van der Waals surface area contributed by atoms with E-state index in [9.17, 15) is 5.11 Å². The van der Waals surface area contributed by atoms with Crippen molar-refractivity contribution < 1.29 is 5.11 Å². The molecule has 96 valence electrons. The summed E-state index contributed by atoms with van der Waals surface area (Å²) in [5.74, 6) is 0. The minimum Gasteiger partial charge on any atom is -0.393 e. The Labute approximate surface area is 107 Å². The average Bonchev–Trinajstić information content (AvgIpc) is 2.70. The van der Waals surface area contributed by atoms with Gasteiger partial charge in [0.05, 0.1) is 6.10 Å². The number of hydrogen-bond acceptors (Lipinski definition) is 2. The van der Waals surface area contributed by atoms with Crippen molar-refractivity contribution >= 4 is 10.9 Å². The predicted octanol–water partition coefficient (Wildman–Crippen LogP) is 2.43. The molecule has 0 bridgehead atoms. The van der Waals surface area contributed by atoms with Crippen LogP contribution in [0, 0.1) is 6.92 Å². The molecule has 1 aliphatic heterocycles. The fourth-order valence-corrected chi connectivity index (χ4v) is 2.80. The van der Waals surface area contributed by atoms with Gasteiger partial charge in [0.1, 0.15) is 0 Å². The van der Waals surface area contributed by atoms with Crippen LogP contribution in [0.15, 0.2) is 24.3 Å². The van der Waals surface area contributed by atoms with Gasteiger partial charge in [0.15, 0.2) is 0 Å². The van der Waals surface area contributed by atoms with Crippen LogP contribution in [0.25, 0.3) is 10.9 Å². The van der Waals surface area contributed by atoms with Crippen LogP contribution in [0.3, 0.4) is 0 Å². The van der Waals surface area contributed by atoms with E-state index in [1.54, 1.807) is 0 Å². The van der Waals surface area contributed by atoms with Crippen molar-refractivity contribution in [1.82, 2.24) is 9.88 Å². The lowest BCUT2D eigenvalue weighted by molar-refractivity contribution is 0.0787. The third-order valence-corrected chi connectivity index (χ3v) is 4.01. The smallest absolute Gasteiger partial charge is 0.0564 e. The lowest BCUT2D eigenvalue weighted by Crippen LogP contribution is -2.35. The Bertz CT molecular complexity index is 538. The Hall–Kier alpha value is -1.32. The van der Waals surface area contributed by atoms with Crippen LogP contribution in [0.5, 0.6) is 0 Å². The van der Waals surface area contributed by atoms with Crippen LogP contribution >= 0.6 is 0 Å². The molecular weight excluding hydrogens is 224 g/mol. The number of para-hydroxylation sites is 1. The Morgan fingerprint density at radius 1 is 1.28 bits per heavy atom. The monoisotopic (exact) mass is 244 g/mol. The molecule has 1 fully saturated rings. The fraction of sp³-hybridized carbons (Fsp3) is 0.467. The van der Waals surface area contributed by atoms with E-state index in [2.05, 4.69) is 41.1 Å². The molecule has 1 aromatic heterocycles. The molecule has 1 aliphatic rings. The predicted molar refractivity (Wildman–Crippen MR) is 73.6 cm³/mol. The summed E-state index contributed by atoms with van der Waals surface area (Å²) >= 11 is 0. The number of piperidine rings is 1. The highest BCUT2D eigenvalue weighted by Crippen LogP contribution is 2.23. The van der Waals surface area contributed by atoms with Gasteiger partial charge in [-0.1, -0.05) is 18.2 Å². The van der Waals surface area contributed by atoms with E-state index in [-0.39, 0.29) is 6.10 Å². The van der Waals surface area contributed by atoms with Crippen molar-refractivity contribution in [3.8, 4) is 0 Å². The first-order valence-corrected chi connectivity index (χ1v) is 6.70. The molecule has 3 nitrogen and oxygen atoms in total. The number of fused-ring (bicyclic) bond motifs is 1. The zero-order valence-electron chi connectivity index (χ0n) is 10.8. The van der Waals surface area contributed by atoms with E-state index in [1.807, 2.05) is 0 Å². The molecule has 2 aromatic rings. The van der Waals surface area contributed by atoms with Gasteiger partial charge < -0.3 is 10.1 Å². The minimum atomic E-state index is -0.0925. The summed E-state index contributed by atoms with van der Waals surface area (Å²) in [6.07, 6.45) is 1.71. The fourth-order valence-electron chi connectivity index (χ4n) is 2.80. The van der Waals surface area contributed by atoms with Crippen LogP contribution in [-0.2, 0) is 6.54 Å². The number of benzene rings is 1. The maximum Gasteiger partial charge on any atom is 0.0564 e. The molecule has 3 heteroatoms. The number of aromatic amines is 1. The van der Waals surface area contributed by atoms with Gasteiger partial charge in [-0.05, 0) is 31.4 Å². The summed E-state index contributed by atoms with van der Waals surface area (Å²) in [4.78, 5) is 5.94. The molecular formula is C15H20N2O. The van der Waals surface area contributed by atoms with Crippen LogP contribution in [-0.4, -0.2) is 34.2 Å². The molecule has 3 rings (SSSR count). The Morgan fingerprint density at radius 3 is 2.72 bits per heavy atom. The first kappa shape index (κ1) is 11.8. The first-order valence-electron chi connectivity index (χ1n) is 6.70. The number of aryl methyl sites for hydroxylation is 1. The number of H-pyrrole nitrogens is 1. The first-order chi connectivity index (χ1) is 8.74. The highest BCUT2D eigenvalue weighted by molar-refractivity contribution is 5.84. The van der Waals surface area contributed by atoms with Gasteiger partial charge in [0.2, 0.25) is 0 Å². The van der Waals surface area contributed by atoms with Crippen LogP contribution in [0.1, 0.15) is 24.1 Å². The Balaban J connectivity index is 1.80. The number of rotatable bonds is 2. The second kappa shape index (κ2) is 4.75. The van der Waals surface area contributed by atoms with Crippen molar-refractivity contribution in [2.24, 2.45) is 0 Å². The van der Waals surface area contributed by atoms with Crippen molar-refractivity contribution in [2.75, 3.05) is 13.1 Å². The molecule has 0 unspecified atom stereocenters. The number of aliphatic hydroxyl groups excluding tert-OH is 1. The molecule has 18 heavy (non-hydrogen) atoms. The summed E-state index contributed by atoms with van der Waals surface area (Å²) in [6.45, 7) is 5.14. The van der Waals surface area contributed by atoms with Gasteiger partial charge in [-0.2, -0.15) is 0 Å². The Morgan fingerprint density at radius 2 is 2.00 bits per heavy atom. The Kier molecular flexibility index (Phi) is 3.10. The van der Waals surface area contributed by atoms with Crippen LogP contribution in [0.2, 0.25) is 0 Å². The van der Waals surface area contributed by atoms with E-state index in [0.717, 1.165) is 32.5 Å². The number of aromatic nitrogens is 1. The molecule has 1 saturated heterocycles. The molecule has 2 heterocycles. The lowest BCUT2D eigenvalue weighted by atomic mass is 10.1. The summed E-state index contributed by atoms with van der Waals surface area (Å²) in [5.41, 5.74) is 3.89. The normalized spacial score (nSPS) is 18.6. The van der Waals surface area contributed by atoms with Gasteiger partial charge in [0.25, 0.3) is 0 Å². The number of nitrogens with zero attached hydrogens (tertiary/aromatic N) is 1. The van der Waals surface area contributed by atoms with E-state index in [4.69, 9.17) is 0 Å².